The Morgan fingerprint density at radius 3 is 0.292 bits per heavy atom. The standard InChI is InChI=1S/C80H88O16/c81-65-33-69(85)53-25-49(65)41-17-9-1-2-10-18-42-51-27-55(71(87)35-67(51)83)45-21-13-5-3-11-19-43(53)57-29-61(77(93)37-73(57)89)47-23-15-7-8-16-24-48(63-31-59(45)75(91)39-79(63)95)64-32-60(76(92)40-80(64)96)46(56-28-52(42)68(84)36-72(56)88)22-14-6-4-12-20-44(54-26-50(41)66(82)34-70(54)86)58-30-62(47)78(94)38-74(58)90/h25-48,81-96H,1-24H2. The van der Waals surface area contributed by atoms with Crippen LogP contribution in [0, 0.1) is 0 Å². The summed E-state index contributed by atoms with van der Waals surface area (Å²) in [5.41, 5.74) is 5.84. The topological polar surface area (TPSA) is 324 Å². The predicted molar refractivity (Wildman–Crippen MR) is 364 cm³/mol. The minimum absolute atomic E-state index is 0.256. The molecule has 0 heterocycles. The van der Waals surface area contributed by atoms with Crippen molar-refractivity contribution in [2.24, 2.45) is 0 Å². The van der Waals surface area contributed by atoms with Gasteiger partial charge in [0.25, 0.3) is 0 Å². The number of phenolic OH excluding ortho intramolecular Hbond substituents is 16. The largest absolute Gasteiger partial charge is 0.508 e. The maximum atomic E-state index is 12.3. The van der Waals surface area contributed by atoms with Crippen LogP contribution < -0.4 is 0 Å². The fourth-order valence-electron chi connectivity index (χ4n) is 17.4. The van der Waals surface area contributed by atoms with Crippen molar-refractivity contribution in [2.75, 3.05) is 0 Å². The van der Waals surface area contributed by atoms with Crippen LogP contribution in [0.3, 0.4) is 0 Å². The van der Waals surface area contributed by atoms with E-state index in [0.29, 0.717) is 243 Å². The Balaban J connectivity index is 1.13. The monoisotopic (exact) mass is 1300 g/mol. The predicted octanol–water partition coefficient (Wildman–Crippen LogP) is 17.8. The van der Waals surface area contributed by atoms with Crippen molar-refractivity contribution in [2.45, 2.75) is 201 Å². The van der Waals surface area contributed by atoms with Gasteiger partial charge in [0.2, 0.25) is 0 Å². The van der Waals surface area contributed by atoms with Crippen LogP contribution in [0.5, 0.6) is 92.0 Å². The second-order valence-corrected chi connectivity index (χ2v) is 28.1. The molecular formula is C80H88O16. The van der Waals surface area contributed by atoms with Crippen molar-refractivity contribution in [3.63, 3.8) is 0 Å². The molecule has 0 fully saturated rings. The van der Waals surface area contributed by atoms with E-state index in [2.05, 4.69) is 0 Å². The van der Waals surface area contributed by atoms with Crippen LogP contribution in [0.2, 0.25) is 0 Å². The third kappa shape index (κ3) is 12.4. The molecule has 0 saturated carbocycles. The lowest BCUT2D eigenvalue weighted by Crippen LogP contribution is -2.12. The fraction of sp³-hybridized carbons (Fsp3) is 0.400. The van der Waals surface area contributed by atoms with Crippen LogP contribution in [-0.2, 0) is 0 Å². The second kappa shape index (κ2) is 27.0. The second-order valence-electron chi connectivity index (χ2n) is 28.1. The molecule has 24 bridgehead atoms. The summed E-state index contributed by atoms with van der Waals surface area (Å²) in [4.78, 5) is 0. The average Bonchev–Trinajstić information content (AvgIpc) is 0.766. The first kappa shape index (κ1) is 65.2. The van der Waals surface area contributed by atoms with Crippen LogP contribution in [-0.4, -0.2) is 81.7 Å². The fourth-order valence-corrected chi connectivity index (χ4v) is 17.4. The van der Waals surface area contributed by atoms with Gasteiger partial charge in [-0.1, -0.05) is 103 Å². The summed E-state index contributed by atoms with van der Waals surface area (Å²) in [6.45, 7) is 0. The SMILES string of the molecule is Oc1cc(O)c2cc1C1CCCCCCC3c4cc(c(O)cc4O)C4CCCCCCC2c2cc(c(O)cc2O)C2CCCCCCC(c5cc4c(O)cc5O)c4cc(c(O)cc4O)C(CCCCCCC(c4cc1c(O)cc4O)c1cc2c(O)cc1O)c1cc3c(O)cc1O. The molecule has 0 aliphatic heterocycles. The van der Waals surface area contributed by atoms with Crippen molar-refractivity contribution < 1.29 is 81.7 Å². The zero-order valence-corrected chi connectivity index (χ0v) is 54.0. The third-order valence-electron chi connectivity index (χ3n) is 22.4. The summed E-state index contributed by atoms with van der Waals surface area (Å²) in [7, 11) is 0. The van der Waals surface area contributed by atoms with Crippen molar-refractivity contribution in [1.82, 2.24) is 0 Å². The summed E-state index contributed by atoms with van der Waals surface area (Å²) in [5, 5.41) is 197. The van der Waals surface area contributed by atoms with E-state index in [1.54, 1.807) is 48.5 Å². The number of hydrogen-bond donors (Lipinski definition) is 16. The van der Waals surface area contributed by atoms with Crippen molar-refractivity contribution in [3.8, 4) is 92.0 Å². The van der Waals surface area contributed by atoms with E-state index in [9.17, 15) is 81.7 Å². The van der Waals surface area contributed by atoms with Gasteiger partial charge in [-0.2, -0.15) is 0 Å². The minimum atomic E-state index is -0.793. The van der Waals surface area contributed by atoms with Crippen LogP contribution >= 0.6 is 0 Å². The molecule has 16 N–H and O–H groups in total. The summed E-state index contributed by atoms with van der Waals surface area (Å²) in [6, 6.07) is 24.3. The van der Waals surface area contributed by atoms with Gasteiger partial charge in [0, 0.05) is 185 Å². The van der Waals surface area contributed by atoms with Gasteiger partial charge in [-0.25, -0.2) is 0 Å². The number of rotatable bonds is 0. The molecule has 16 heteroatoms. The maximum Gasteiger partial charge on any atom is 0.123 e. The summed E-state index contributed by atoms with van der Waals surface area (Å²) in [6.07, 6.45) is 10.9. The van der Waals surface area contributed by atoms with Crippen LogP contribution in [0.1, 0.15) is 290 Å². The molecule has 0 radical (unpaired) electrons. The van der Waals surface area contributed by atoms with Gasteiger partial charge in [-0.15, -0.1) is 0 Å². The van der Waals surface area contributed by atoms with Gasteiger partial charge in [0.1, 0.15) is 92.0 Å². The molecule has 0 saturated heterocycles. The van der Waals surface area contributed by atoms with E-state index in [0.717, 1.165) is 0 Å². The first-order valence-corrected chi connectivity index (χ1v) is 34.7. The number of phenols is 16. The number of fused-ring (bicyclic) bond motifs is 20. The number of hydrogen-bond acceptors (Lipinski definition) is 16. The molecule has 0 unspecified atom stereocenters. The van der Waals surface area contributed by atoms with E-state index in [1.807, 2.05) is 0 Å². The van der Waals surface area contributed by atoms with E-state index >= 15 is 0 Å². The molecule has 0 spiro atoms. The molecule has 96 heavy (non-hydrogen) atoms. The molecule has 14 rings (SSSR count). The Labute approximate surface area is 558 Å². The first-order valence-electron chi connectivity index (χ1n) is 34.7. The van der Waals surface area contributed by atoms with Gasteiger partial charge >= 0.3 is 0 Å². The van der Waals surface area contributed by atoms with Crippen molar-refractivity contribution >= 4 is 0 Å². The first-order chi connectivity index (χ1) is 46.2. The summed E-state index contributed by atoms with van der Waals surface area (Å²) < 4.78 is 0. The lowest BCUT2D eigenvalue weighted by molar-refractivity contribution is 0.411. The van der Waals surface area contributed by atoms with E-state index in [1.165, 1.54) is 48.5 Å². The highest BCUT2D eigenvalue weighted by molar-refractivity contribution is 5.65. The third-order valence-corrected chi connectivity index (χ3v) is 22.4. The number of aromatic hydroxyl groups is 16. The molecule has 6 aliphatic carbocycles. The lowest BCUT2D eigenvalue weighted by Gasteiger charge is -2.30. The molecule has 0 amide bonds. The van der Waals surface area contributed by atoms with E-state index in [4.69, 9.17) is 0 Å². The summed E-state index contributed by atoms with van der Waals surface area (Å²) >= 11 is 0. The molecular weight excluding hydrogens is 1220 g/mol. The highest BCUT2D eigenvalue weighted by Gasteiger charge is 2.37. The maximum absolute atomic E-state index is 12.3. The van der Waals surface area contributed by atoms with E-state index < -0.39 is 47.3 Å². The van der Waals surface area contributed by atoms with Gasteiger partial charge in [-0.3, -0.25) is 0 Å². The molecule has 0 aromatic heterocycles. The molecule has 0 atom stereocenters. The van der Waals surface area contributed by atoms with E-state index in [-0.39, 0.29) is 92.0 Å². The quantitative estimate of drug-likeness (QED) is 0.0671. The Morgan fingerprint density at radius 1 is 0.125 bits per heavy atom. The van der Waals surface area contributed by atoms with Gasteiger partial charge < -0.3 is 81.7 Å². The molecule has 6 aliphatic rings. The van der Waals surface area contributed by atoms with Gasteiger partial charge in [0.15, 0.2) is 0 Å². The highest BCUT2D eigenvalue weighted by Crippen LogP contribution is 2.57. The molecule has 16 nitrogen and oxygen atoms in total. The average molecular weight is 1310 g/mol. The number of benzene rings is 8. The zero-order valence-electron chi connectivity index (χ0n) is 54.0. The Hall–Kier alpha value is -9.44. The minimum Gasteiger partial charge on any atom is -0.508 e. The van der Waals surface area contributed by atoms with Crippen molar-refractivity contribution in [3.05, 3.63) is 186 Å². The van der Waals surface area contributed by atoms with Crippen LogP contribution in [0.4, 0.5) is 0 Å². The molecule has 8 aromatic carbocycles. The van der Waals surface area contributed by atoms with Crippen LogP contribution in [0.25, 0.3) is 0 Å². The van der Waals surface area contributed by atoms with Gasteiger partial charge in [0.05, 0.1) is 0 Å². The Morgan fingerprint density at radius 2 is 0.208 bits per heavy atom. The lowest BCUT2D eigenvalue weighted by atomic mass is 9.75. The molecule has 8 aromatic rings. The van der Waals surface area contributed by atoms with Crippen LogP contribution in [0.15, 0.2) is 97.1 Å². The Kier molecular flexibility index (Phi) is 18.3. The van der Waals surface area contributed by atoms with Gasteiger partial charge in [-0.05, 0) is 99.9 Å². The highest BCUT2D eigenvalue weighted by atomic mass is 16.3. The normalized spacial score (nSPS) is 22.7. The van der Waals surface area contributed by atoms with Crippen molar-refractivity contribution in [1.29, 1.82) is 0 Å². The summed E-state index contributed by atoms with van der Waals surface area (Å²) in [5.74, 6) is -10.4. The smallest absolute Gasteiger partial charge is 0.123 e. The Bertz CT molecular complexity index is 3250. The zero-order chi connectivity index (χ0) is 67.4. The molecule has 504 valence electrons.